The monoisotopic (exact) mass is 469 g/mol. The topological polar surface area (TPSA) is 93.7 Å². The van der Waals surface area contributed by atoms with Gasteiger partial charge in [0.15, 0.2) is 0 Å². The SMILES string of the molecule is CS(=O)(=O)N1CCN(c2ccc(-c3c(CO)ccc4[nH]c(=O)c5sccc5c34)cc2)CC1. The Bertz CT molecular complexity index is 1470. The predicted octanol–water partition coefficient (Wildman–Crippen LogP) is 2.98. The van der Waals surface area contributed by atoms with Gasteiger partial charge in [-0.25, -0.2) is 8.42 Å². The van der Waals surface area contributed by atoms with E-state index in [-0.39, 0.29) is 12.2 Å². The second-order valence-electron chi connectivity index (χ2n) is 7.99. The number of thiophene rings is 1. The third-order valence-electron chi connectivity index (χ3n) is 6.08. The minimum atomic E-state index is -3.16. The highest BCUT2D eigenvalue weighted by molar-refractivity contribution is 7.88. The fourth-order valence-corrected chi connectivity index (χ4v) is 6.09. The molecule has 0 bridgehead atoms. The summed E-state index contributed by atoms with van der Waals surface area (Å²) >= 11 is 1.41. The first-order chi connectivity index (χ1) is 15.4. The molecule has 9 heteroatoms. The Balaban J connectivity index is 1.55. The lowest BCUT2D eigenvalue weighted by atomic mass is 9.93. The molecule has 1 saturated heterocycles. The average molecular weight is 470 g/mol. The van der Waals surface area contributed by atoms with Crippen LogP contribution in [0.3, 0.4) is 0 Å². The normalized spacial score (nSPS) is 15.6. The van der Waals surface area contributed by atoms with Gasteiger partial charge < -0.3 is 15.0 Å². The van der Waals surface area contributed by atoms with Crippen LogP contribution in [0, 0.1) is 0 Å². The maximum Gasteiger partial charge on any atom is 0.266 e. The smallest absolute Gasteiger partial charge is 0.266 e. The Morgan fingerprint density at radius 1 is 1.03 bits per heavy atom. The van der Waals surface area contributed by atoms with Gasteiger partial charge in [0.1, 0.15) is 4.70 Å². The van der Waals surface area contributed by atoms with Gasteiger partial charge in [-0.2, -0.15) is 4.31 Å². The number of anilines is 1. The molecule has 0 amide bonds. The van der Waals surface area contributed by atoms with Crippen molar-refractivity contribution in [1.29, 1.82) is 0 Å². The van der Waals surface area contributed by atoms with Crippen molar-refractivity contribution in [3.63, 3.8) is 0 Å². The highest BCUT2D eigenvalue weighted by Crippen LogP contribution is 2.37. The number of nitrogens with one attached hydrogen (secondary N) is 1. The molecule has 32 heavy (non-hydrogen) atoms. The summed E-state index contributed by atoms with van der Waals surface area (Å²) in [5.41, 5.74) is 4.34. The van der Waals surface area contributed by atoms with Crippen molar-refractivity contribution in [3.05, 3.63) is 63.8 Å². The molecular weight excluding hydrogens is 446 g/mol. The van der Waals surface area contributed by atoms with E-state index in [1.54, 1.807) is 0 Å². The predicted molar refractivity (Wildman–Crippen MR) is 130 cm³/mol. The standard InChI is InChI=1S/C23H23N3O4S2/c1-32(29,30)26-11-9-25(10-12-26)17-5-2-15(3-6-17)20-16(14-27)4-7-19-21(20)18-8-13-31-22(18)23(28)24-19/h2-8,13,27H,9-12,14H2,1H3,(H,24,28). The molecule has 2 aromatic carbocycles. The van der Waals surface area contributed by atoms with E-state index in [0.717, 1.165) is 38.7 Å². The van der Waals surface area contributed by atoms with Gasteiger partial charge in [0.2, 0.25) is 10.0 Å². The number of sulfonamides is 1. The van der Waals surface area contributed by atoms with E-state index >= 15 is 0 Å². The number of hydrogen-bond donors (Lipinski definition) is 2. The molecule has 7 nitrogen and oxygen atoms in total. The lowest BCUT2D eigenvalue weighted by Crippen LogP contribution is -2.48. The third kappa shape index (κ3) is 3.61. The number of aliphatic hydroxyl groups is 1. The number of nitrogens with zero attached hydrogens (tertiary/aromatic N) is 2. The van der Waals surface area contributed by atoms with Gasteiger partial charge in [0.25, 0.3) is 5.56 Å². The van der Waals surface area contributed by atoms with Crippen LogP contribution in [0.15, 0.2) is 52.6 Å². The fourth-order valence-electron chi connectivity index (χ4n) is 4.47. The van der Waals surface area contributed by atoms with Gasteiger partial charge in [0.05, 0.1) is 12.9 Å². The zero-order valence-electron chi connectivity index (χ0n) is 17.5. The molecule has 0 radical (unpaired) electrons. The summed E-state index contributed by atoms with van der Waals surface area (Å²) in [6.45, 7) is 2.12. The molecule has 0 saturated carbocycles. The fraction of sp³-hybridized carbons (Fsp3) is 0.261. The summed E-state index contributed by atoms with van der Waals surface area (Å²) in [4.78, 5) is 17.6. The number of aromatic amines is 1. The minimum Gasteiger partial charge on any atom is -0.392 e. The molecule has 0 unspecified atom stereocenters. The molecule has 2 N–H and O–H groups in total. The first kappa shape index (κ1) is 21.1. The van der Waals surface area contributed by atoms with E-state index in [4.69, 9.17) is 0 Å². The largest absolute Gasteiger partial charge is 0.392 e. The van der Waals surface area contributed by atoms with E-state index in [1.807, 2.05) is 47.8 Å². The van der Waals surface area contributed by atoms with E-state index in [9.17, 15) is 18.3 Å². The second kappa shape index (κ2) is 8.00. The Labute approximate surface area is 189 Å². The first-order valence-electron chi connectivity index (χ1n) is 10.3. The van der Waals surface area contributed by atoms with Gasteiger partial charge in [0, 0.05) is 48.2 Å². The van der Waals surface area contributed by atoms with Crippen LogP contribution < -0.4 is 10.5 Å². The van der Waals surface area contributed by atoms with E-state index in [1.165, 1.54) is 21.9 Å². The van der Waals surface area contributed by atoms with Crippen LogP contribution in [-0.4, -0.2) is 55.2 Å². The average Bonchev–Trinajstić information content (AvgIpc) is 3.29. The van der Waals surface area contributed by atoms with Gasteiger partial charge in [-0.1, -0.05) is 18.2 Å². The van der Waals surface area contributed by atoms with Crippen LogP contribution in [0.2, 0.25) is 0 Å². The van der Waals surface area contributed by atoms with Crippen molar-refractivity contribution < 1.29 is 13.5 Å². The van der Waals surface area contributed by atoms with Crippen molar-refractivity contribution in [3.8, 4) is 11.1 Å². The number of H-pyrrole nitrogens is 1. The number of benzene rings is 2. The van der Waals surface area contributed by atoms with Gasteiger partial charge in [-0.3, -0.25) is 4.79 Å². The maximum absolute atomic E-state index is 12.4. The van der Waals surface area contributed by atoms with Crippen LogP contribution in [0.1, 0.15) is 5.56 Å². The third-order valence-corrected chi connectivity index (χ3v) is 8.30. The van der Waals surface area contributed by atoms with Gasteiger partial charge in [-0.05, 0) is 46.3 Å². The summed E-state index contributed by atoms with van der Waals surface area (Å²) in [5.74, 6) is 0. The molecule has 1 aliphatic rings. The van der Waals surface area contributed by atoms with Crippen LogP contribution >= 0.6 is 11.3 Å². The van der Waals surface area contributed by atoms with Crippen molar-refractivity contribution in [1.82, 2.24) is 9.29 Å². The summed E-state index contributed by atoms with van der Waals surface area (Å²) in [7, 11) is -3.16. The van der Waals surface area contributed by atoms with E-state index < -0.39 is 10.0 Å². The van der Waals surface area contributed by atoms with E-state index in [2.05, 4.69) is 9.88 Å². The minimum absolute atomic E-state index is 0.103. The lowest BCUT2D eigenvalue weighted by molar-refractivity contribution is 0.282. The molecule has 4 aromatic rings. The molecule has 0 spiro atoms. The van der Waals surface area contributed by atoms with E-state index in [0.29, 0.717) is 30.9 Å². The highest BCUT2D eigenvalue weighted by atomic mass is 32.2. The molecule has 2 aromatic heterocycles. The van der Waals surface area contributed by atoms with Crippen molar-refractivity contribution in [2.75, 3.05) is 37.3 Å². The molecular formula is C23H23N3O4S2. The molecule has 0 atom stereocenters. The van der Waals surface area contributed by atoms with Crippen LogP contribution in [0.4, 0.5) is 5.69 Å². The van der Waals surface area contributed by atoms with Gasteiger partial charge >= 0.3 is 0 Å². The number of aromatic nitrogens is 1. The Kier molecular flexibility index (Phi) is 5.29. The molecule has 0 aliphatic carbocycles. The molecule has 1 aliphatic heterocycles. The Morgan fingerprint density at radius 3 is 2.41 bits per heavy atom. The molecule has 1 fully saturated rings. The maximum atomic E-state index is 12.4. The van der Waals surface area contributed by atoms with Crippen LogP contribution in [-0.2, 0) is 16.6 Å². The molecule has 3 heterocycles. The van der Waals surface area contributed by atoms with Crippen molar-refractivity contribution in [2.45, 2.75) is 6.61 Å². The van der Waals surface area contributed by atoms with Crippen molar-refractivity contribution >= 4 is 48.0 Å². The zero-order valence-corrected chi connectivity index (χ0v) is 19.2. The quantitative estimate of drug-likeness (QED) is 0.479. The number of pyridine rings is 1. The number of piperazine rings is 1. The summed E-state index contributed by atoms with van der Waals surface area (Å²) < 4.78 is 25.7. The lowest BCUT2D eigenvalue weighted by Gasteiger charge is -2.34. The van der Waals surface area contributed by atoms with Gasteiger partial charge in [-0.15, -0.1) is 11.3 Å². The zero-order chi connectivity index (χ0) is 22.5. The molecule has 5 rings (SSSR count). The highest BCUT2D eigenvalue weighted by Gasteiger charge is 2.23. The molecule has 166 valence electrons. The van der Waals surface area contributed by atoms with Crippen molar-refractivity contribution in [2.24, 2.45) is 0 Å². The number of aliphatic hydroxyl groups excluding tert-OH is 1. The van der Waals surface area contributed by atoms with Crippen LogP contribution in [0.25, 0.3) is 32.1 Å². The second-order valence-corrected chi connectivity index (χ2v) is 10.9. The number of fused-ring (bicyclic) bond motifs is 3. The summed E-state index contributed by atoms with van der Waals surface area (Å²) in [6, 6.07) is 13.8. The Morgan fingerprint density at radius 2 is 1.75 bits per heavy atom. The first-order valence-corrected chi connectivity index (χ1v) is 13.1. The Hall–Kier alpha value is -2.72. The number of hydrogen-bond acceptors (Lipinski definition) is 6. The summed E-state index contributed by atoms with van der Waals surface area (Å²) in [6.07, 6.45) is 1.25. The summed E-state index contributed by atoms with van der Waals surface area (Å²) in [5, 5.41) is 13.8. The number of rotatable bonds is 4. The van der Waals surface area contributed by atoms with Crippen LogP contribution in [0.5, 0.6) is 0 Å².